The molecule has 6 nitrogen and oxygen atoms in total. The van der Waals surface area contributed by atoms with E-state index < -0.39 is 23.3 Å². The summed E-state index contributed by atoms with van der Waals surface area (Å²) in [4.78, 5) is 26.7. The standard InChI is InChI=1S/C26H21ClN2O4/c1-13-10-21-18(11-20(13)27)15(3)24(33-21)23(30)22-14(2)19(12-28)25(31)29(26(22)32)16(4)17-8-6-5-7-9-17/h5-11,16,32H,1-4H3. The lowest BCUT2D eigenvalue weighted by molar-refractivity contribution is 0.100. The minimum Gasteiger partial charge on any atom is -0.494 e. The maximum Gasteiger partial charge on any atom is 0.272 e. The molecule has 0 bridgehead atoms. The molecule has 1 unspecified atom stereocenters. The number of pyridine rings is 1. The third-order valence-corrected chi connectivity index (χ3v) is 6.47. The molecule has 0 radical (unpaired) electrons. The molecule has 2 aromatic heterocycles. The lowest BCUT2D eigenvalue weighted by Crippen LogP contribution is -2.29. The third kappa shape index (κ3) is 3.51. The molecule has 0 saturated carbocycles. The maximum absolute atomic E-state index is 13.6. The number of ketones is 1. The van der Waals surface area contributed by atoms with Crippen LogP contribution < -0.4 is 5.56 Å². The fourth-order valence-electron chi connectivity index (χ4n) is 4.11. The predicted molar refractivity (Wildman–Crippen MR) is 126 cm³/mol. The Morgan fingerprint density at radius 2 is 1.82 bits per heavy atom. The van der Waals surface area contributed by atoms with E-state index in [9.17, 15) is 20.0 Å². The summed E-state index contributed by atoms with van der Waals surface area (Å²) in [5.74, 6) is -1.10. The Bertz CT molecular complexity index is 1520. The summed E-state index contributed by atoms with van der Waals surface area (Å²) in [6, 6.07) is 13.8. The van der Waals surface area contributed by atoms with Gasteiger partial charge >= 0.3 is 0 Å². The van der Waals surface area contributed by atoms with Gasteiger partial charge in [-0.25, -0.2) is 0 Å². The summed E-state index contributed by atoms with van der Waals surface area (Å²) in [7, 11) is 0. The number of fused-ring (bicyclic) bond motifs is 1. The van der Waals surface area contributed by atoms with Gasteiger partial charge in [0.2, 0.25) is 11.7 Å². The number of aromatic hydroxyl groups is 1. The highest BCUT2D eigenvalue weighted by molar-refractivity contribution is 6.32. The lowest BCUT2D eigenvalue weighted by atomic mass is 9.97. The van der Waals surface area contributed by atoms with Gasteiger partial charge in [-0.3, -0.25) is 14.2 Å². The Morgan fingerprint density at radius 3 is 2.45 bits per heavy atom. The van der Waals surface area contributed by atoms with Crippen LogP contribution in [-0.4, -0.2) is 15.5 Å². The number of hydrogen-bond donors (Lipinski definition) is 1. The van der Waals surface area contributed by atoms with Crippen molar-refractivity contribution in [2.75, 3.05) is 0 Å². The number of rotatable bonds is 4. The van der Waals surface area contributed by atoms with E-state index in [1.165, 1.54) is 6.92 Å². The van der Waals surface area contributed by atoms with Gasteiger partial charge in [-0.2, -0.15) is 5.26 Å². The molecular formula is C26H21ClN2O4. The van der Waals surface area contributed by atoms with Crippen molar-refractivity contribution in [3.05, 3.63) is 97.0 Å². The second kappa shape index (κ2) is 8.27. The number of aromatic nitrogens is 1. The van der Waals surface area contributed by atoms with Crippen LogP contribution in [0.5, 0.6) is 5.88 Å². The van der Waals surface area contributed by atoms with Crippen LogP contribution in [0.15, 0.2) is 51.7 Å². The smallest absolute Gasteiger partial charge is 0.272 e. The van der Waals surface area contributed by atoms with E-state index in [1.54, 1.807) is 38.1 Å². The van der Waals surface area contributed by atoms with E-state index in [4.69, 9.17) is 16.0 Å². The number of halogens is 1. The first-order chi connectivity index (χ1) is 15.7. The second-order valence-electron chi connectivity index (χ2n) is 8.06. The van der Waals surface area contributed by atoms with Crippen molar-refractivity contribution in [1.82, 2.24) is 4.57 Å². The minimum absolute atomic E-state index is 0.0199. The Kier molecular flexibility index (Phi) is 5.61. The highest BCUT2D eigenvalue weighted by Crippen LogP contribution is 2.34. The van der Waals surface area contributed by atoms with Crippen LogP contribution in [0.2, 0.25) is 5.02 Å². The van der Waals surface area contributed by atoms with Gasteiger partial charge in [0, 0.05) is 16.0 Å². The van der Waals surface area contributed by atoms with Crippen molar-refractivity contribution in [2.24, 2.45) is 0 Å². The summed E-state index contributed by atoms with van der Waals surface area (Å²) in [5, 5.41) is 22.1. The van der Waals surface area contributed by atoms with Crippen LogP contribution in [-0.2, 0) is 0 Å². The quantitative estimate of drug-likeness (QED) is 0.400. The summed E-state index contributed by atoms with van der Waals surface area (Å²) in [6.45, 7) is 6.75. The number of carbonyl (C=O) groups is 1. The number of aryl methyl sites for hydroxylation is 2. The highest BCUT2D eigenvalue weighted by Gasteiger charge is 2.30. The number of furan rings is 1. The summed E-state index contributed by atoms with van der Waals surface area (Å²) < 4.78 is 6.94. The average molecular weight is 461 g/mol. The van der Waals surface area contributed by atoms with Crippen molar-refractivity contribution in [2.45, 2.75) is 33.7 Å². The van der Waals surface area contributed by atoms with E-state index in [0.717, 1.165) is 15.7 Å². The summed E-state index contributed by atoms with van der Waals surface area (Å²) in [5.41, 5.74) is 1.69. The number of nitriles is 1. The molecule has 0 aliphatic rings. The SMILES string of the molecule is Cc1cc2oc(C(=O)c3c(C)c(C#N)c(=O)n(C(C)c4ccccc4)c3O)c(C)c2cc1Cl. The average Bonchev–Trinajstić information content (AvgIpc) is 3.10. The van der Waals surface area contributed by atoms with Crippen LogP contribution in [0.3, 0.4) is 0 Å². The molecule has 0 saturated heterocycles. The van der Waals surface area contributed by atoms with Gasteiger partial charge in [-0.1, -0.05) is 41.9 Å². The molecule has 33 heavy (non-hydrogen) atoms. The molecule has 0 aliphatic heterocycles. The van der Waals surface area contributed by atoms with Gasteiger partial charge in [-0.15, -0.1) is 0 Å². The van der Waals surface area contributed by atoms with Gasteiger partial charge in [-0.05, 0) is 56.5 Å². The molecule has 1 N–H and O–H groups in total. The van der Waals surface area contributed by atoms with Gasteiger partial charge in [0.1, 0.15) is 17.2 Å². The number of benzene rings is 2. The zero-order chi connectivity index (χ0) is 24.0. The van der Waals surface area contributed by atoms with Gasteiger partial charge in [0.15, 0.2) is 5.76 Å². The molecule has 7 heteroatoms. The van der Waals surface area contributed by atoms with E-state index in [2.05, 4.69) is 0 Å². The van der Waals surface area contributed by atoms with Crippen molar-refractivity contribution in [3.63, 3.8) is 0 Å². The zero-order valence-corrected chi connectivity index (χ0v) is 19.3. The highest BCUT2D eigenvalue weighted by atomic mass is 35.5. The maximum atomic E-state index is 13.6. The molecule has 0 spiro atoms. The Labute approximate surface area is 195 Å². The first-order valence-electron chi connectivity index (χ1n) is 10.3. The lowest BCUT2D eigenvalue weighted by Gasteiger charge is -2.20. The Hall–Kier alpha value is -3.82. The molecule has 4 rings (SSSR count). The van der Waals surface area contributed by atoms with E-state index in [0.29, 0.717) is 21.6 Å². The van der Waals surface area contributed by atoms with Crippen LogP contribution >= 0.6 is 11.6 Å². The van der Waals surface area contributed by atoms with Gasteiger partial charge in [0.05, 0.1) is 11.6 Å². The fourth-order valence-corrected chi connectivity index (χ4v) is 4.27. The minimum atomic E-state index is -0.663. The normalized spacial score (nSPS) is 12.0. The molecule has 0 amide bonds. The predicted octanol–water partition coefficient (Wildman–Crippen LogP) is 5.59. The Balaban J connectivity index is 1.98. The van der Waals surface area contributed by atoms with Gasteiger partial charge in [0.25, 0.3) is 5.56 Å². The molecule has 2 heterocycles. The van der Waals surface area contributed by atoms with E-state index in [-0.39, 0.29) is 22.5 Å². The number of hydrogen-bond acceptors (Lipinski definition) is 5. The Morgan fingerprint density at radius 1 is 1.15 bits per heavy atom. The zero-order valence-electron chi connectivity index (χ0n) is 18.6. The van der Waals surface area contributed by atoms with E-state index in [1.807, 2.05) is 31.2 Å². The third-order valence-electron chi connectivity index (χ3n) is 6.07. The summed E-state index contributed by atoms with van der Waals surface area (Å²) in [6.07, 6.45) is 0. The van der Waals surface area contributed by atoms with Crippen molar-refractivity contribution < 1.29 is 14.3 Å². The molecule has 1 atom stereocenters. The molecule has 4 aromatic rings. The molecular weight excluding hydrogens is 440 g/mol. The van der Waals surface area contributed by atoms with E-state index >= 15 is 0 Å². The van der Waals surface area contributed by atoms with Crippen LogP contribution in [0.25, 0.3) is 11.0 Å². The van der Waals surface area contributed by atoms with Crippen molar-refractivity contribution in [1.29, 1.82) is 5.26 Å². The molecule has 2 aromatic carbocycles. The topological polar surface area (TPSA) is 96.2 Å². The fraction of sp³-hybridized carbons (Fsp3) is 0.192. The largest absolute Gasteiger partial charge is 0.494 e. The van der Waals surface area contributed by atoms with Crippen LogP contribution in [0, 0.1) is 32.1 Å². The van der Waals surface area contributed by atoms with Crippen molar-refractivity contribution in [3.8, 4) is 11.9 Å². The second-order valence-corrected chi connectivity index (χ2v) is 8.46. The van der Waals surface area contributed by atoms with Crippen molar-refractivity contribution >= 4 is 28.4 Å². The molecule has 166 valence electrons. The van der Waals surface area contributed by atoms with Crippen LogP contribution in [0.1, 0.15) is 56.9 Å². The van der Waals surface area contributed by atoms with Crippen LogP contribution in [0.4, 0.5) is 0 Å². The first-order valence-corrected chi connectivity index (χ1v) is 10.7. The number of nitrogens with zero attached hydrogens (tertiary/aromatic N) is 2. The summed E-state index contributed by atoms with van der Waals surface area (Å²) >= 11 is 6.25. The first kappa shape index (κ1) is 22.4. The molecule has 0 aliphatic carbocycles. The van der Waals surface area contributed by atoms with Gasteiger partial charge < -0.3 is 9.52 Å². The number of carbonyl (C=O) groups excluding carboxylic acids is 1. The molecule has 0 fully saturated rings. The monoisotopic (exact) mass is 460 g/mol.